The maximum atomic E-state index is 12.6. The Morgan fingerprint density at radius 2 is 1.79 bits per heavy atom. The first kappa shape index (κ1) is 19.7. The van der Waals surface area contributed by atoms with Crippen LogP contribution in [0.25, 0.3) is 0 Å². The van der Waals surface area contributed by atoms with Gasteiger partial charge >= 0.3 is 0 Å². The fourth-order valence-electron chi connectivity index (χ4n) is 3.44. The molecule has 0 unspecified atom stereocenters. The van der Waals surface area contributed by atoms with Crippen LogP contribution in [0, 0.1) is 0 Å². The molecule has 1 aliphatic heterocycles. The Morgan fingerprint density at radius 1 is 1.07 bits per heavy atom. The lowest BCUT2D eigenvalue weighted by Gasteiger charge is -2.36. The number of halogens is 1. The number of anilines is 2. The molecule has 1 amide bonds. The van der Waals surface area contributed by atoms with E-state index in [1.54, 1.807) is 0 Å². The third-order valence-electron chi connectivity index (χ3n) is 5.10. The van der Waals surface area contributed by atoms with Crippen LogP contribution in [0.4, 0.5) is 10.8 Å². The highest BCUT2D eigenvalue weighted by Crippen LogP contribution is 2.25. The Bertz CT molecular complexity index is 970. The zero-order valence-corrected chi connectivity index (χ0v) is 17.8. The van der Waals surface area contributed by atoms with E-state index in [2.05, 4.69) is 26.2 Å². The molecule has 0 aliphatic carbocycles. The summed E-state index contributed by atoms with van der Waals surface area (Å²) in [5, 5.41) is 6.52. The van der Waals surface area contributed by atoms with Crippen LogP contribution in [-0.4, -0.2) is 37.1 Å². The quantitative estimate of drug-likeness (QED) is 0.647. The lowest BCUT2D eigenvalue weighted by molar-refractivity contribution is 0.0935. The van der Waals surface area contributed by atoms with E-state index < -0.39 is 0 Å². The van der Waals surface area contributed by atoms with Crippen molar-refractivity contribution in [1.82, 2.24) is 10.3 Å². The smallest absolute Gasteiger partial charge is 0.271 e. The van der Waals surface area contributed by atoms with Gasteiger partial charge in [0.25, 0.3) is 5.91 Å². The Morgan fingerprint density at radius 3 is 2.52 bits per heavy atom. The van der Waals surface area contributed by atoms with Crippen LogP contribution < -0.4 is 15.1 Å². The van der Waals surface area contributed by atoms with Gasteiger partial charge in [-0.3, -0.25) is 4.79 Å². The van der Waals surface area contributed by atoms with Crippen molar-refractivity contribution in [3.05, 3.63) is 76.3 Å². The van der Waals surface area contributed by atoms with Crippen molar-refractivity contribution in [2.75, 3.05) is 36.0 Å². The topological polar surface area (TPSA) is 48.5 Å². The van der Waals surface area contributed by atoms with Crippen LogP contribution in [0.1, 0.15) is 29.0 Å². The van der Waals surface area contributed by atoms with E-state index in [9.17, 15) is 4.79 Å². The normalized spacial score (nSPS) is 15.2. The number of thiazole rings is 1. The average Bonchev–Trinajstić information content (AvgIpc) is 3.25. The number of nitrogens with zero attached hydrogens (tertiary/aromatic N) is 3. The summed E-state index contributed by atoms with van der Waals surface area (Å²) in [7, 11) is 0. The molecule has 29 heavy (non-hydrogen) atoms. The van der Waals surface area contributed by atoms with Crippen LogP contribution >= 0.6 is 22.9 Å². The predicted molar refractivity (Wildman–Crippen MR) is 120 cm³/mol. The molecule has 2 heterocycles. The minimum absolute atomic E-state index is 0.0601. The van der Waals surface area contributed by atoms with Crippen molar-refractivity contribution >= 4 is 39.7 Å². The summed E-state index contributed by atoms with van der Waals surface area (Å²) in [6.07, 6.45) is 0. The summed E-state index contributed by atoms with van der Waals surface area (Å²) < 4.78 is 0. The van der Waals surface area contributed by atoms with Crippen molar-refractivity contribution in [3.8, 4) is 0 Å². The first-order chi connectivity index (χ1) is 14.1. The van der Waals surface area contributed by atoms with Gasteiger partial charge in [-0.25, -0.2) is 4.98 Å². The Labute approximate surface area is 179 Å². The van der Waals surface area contributed by atoms with Gasteiger partial charge in [0, 0.05) is 42.3 Å². The van der Waals surface area contributed by atoms with Gasteiger partial charge in [-0.1, -0.05) is 48.0 Å². The summed E-state index contributed by atoms with van der Waals surface area (Å²) in [6.45, 7) is 5.50. The lowest BCUT2D eigenvalue weighted by Crippen LogP contribution is -2.46. The fourth-order valence-corrected chi connectivity index (χ4v) is 4.48. The van der Waals surface area contributed by atoms with E-state index in [1.165, 1.54) is 11.3 Å². The molecule has 0 radical (unpaired) electrons. The zero-order valence-electron chi connectivity index (χ0n) is 16.2. The van der Waals surface area contributed by atoms with Crippen LogP contribution in [0.2, 0.25) is 5.02 Å². The number of carbonyl (C=O) groups excluding carboxylic acids is 1. The summed E-state index contributed by atoms with van der Waals surface area (Å²) in [5.41, 5.74) is 2.70. The molecule has 0 bridgehead atoms. The molecule has 1 saturated heterocycles. The van der Waals surface area contributed by atoms with E-state index in [1.807, 2.05) is 60.8 Å². The highest BCUT2D eigenvalue weighted by molar-refractivity contribution is 7.13. The van der Waals surface area contributed by atoms with Crippen LogP contribution in [0.15, 0.2) is 60.0 Å². The van der Waals surface area contributed by atoms with E-state index >= 15 is 0 Å². The molecule has 7 heteroatoms. The third kappa shape index (κ3) is 4.71. The van der Waals surface area contributed by atoms with Gasteiger partial charge in [0.1, 0.15) is 5.69 Å². The molecule has 1 aromatic heterocycles. The molecular formula is C22H23ClN4OS. The standard InChI is InChI=1S/C22H23ClN4OS/c1-16(17-6-3-2-4-7-17)24-21(28)20-15-29-22(25-20)27-12-10-26(11-13-27)19-9-5-8-18(23)14-19/h2-9,14-16H,10-13H2,1H3,(H,24,28)/t16-/m0/s1. The number of piperazine rings is 1. The molecule has 1 atom stereocenters. The molecule has 1 aliphatic rings. The van der Waals surface area contributed by atoms with Crippen LogP contribution in [0.3, 0.4) is 0 Å². The minimum Gasteiger partial charge on any atom is -0.368 e. The van der Waals surface area contributed by atoms with Gasteiger partial charge in [0.2, 0.25) is 0 Å². The van der Waals surface area contributed by atoms with Crippen LogP contribution in [0.5, 0.6) is 0 Å². The third-order valence-corrected chi connectivity index (χ3v) is 6.23. The van der Waals surface area contributed by atoms with Crippen molar-refractivity contribution in [2.45, 2.75) is 13.0 Å². The number of hydrogen-bond donors (Lipinski definition) is 1. The van der Waals surface area contributed by atoms with Gasteiger partial charge in [-0.2, -0.15) is 0 Å². The highest BCUT2D eigenvalue weighted by atomic mass is 35.5. The number of hydrogen-bond acceptors (Lipinski definition) is 5. The lowest BCUT2D eigenvalue weighted by atomic mass is 10.1. The zero-order chi connectivity index (χ0) is 20.2. The molecule has 2 aromatic carbocycles. The Hall–Kier alpha value is -2.57. The highest BCUT2D eigenvalue weighted by Gasteiger charge is 2.21. The molecule has 1 fully saturated rings. The second kappa shape index (κ2) is 8.84. The number of nitrogens with one attached hydrogen (secondary N) is 1. The number of amides is 1. The molecule has 0 spiro atoms. The molecule has 150 valence electrons. The Kier molecular flexibility index (Phi) is 6.02. The van der Waals surface area contributed by atoms with Crippen LogP contribution in [-0.2, 0) is 0 Å². The summed E-state index contributed by atoms with van der Waals surface area (Å²) in [4.78, 5) is 21.7. The van der Waals surface area contributed by atoms with E-state index in [4.69, 9.17) is 11.6 Å². The van der Waals surface area contributed by atoms with E-state index in [0.29, 0.717) is 5.69 Å². The average molecular weight is 427 g/mol. The maximum Gasteiger partial charge on any atom is 0.271 e. The second-order valence-electron chi connectivity index (χ2n) is 7.08. The van der Waals surface area contributed by atoms with Gasteiger partial charge in [-0.05, 0) is 30.7 Å². The van der Waals surface area contributed by atoms with Gasteiger partial charge in [0.05, 0.1) is 6.04 Å². The largest absolute Gasteiger partial charge is 0.368 e. The summed E-state index contributed by atoms with van der Waals surface area (Å²) in [5.74, 6) is -0.138. The summed E-state index contributed by atoms with van der Waals surface area (Å²) >= 11 is 7.63. The molecule has 4 rings (SSSR count). The number of carbonyl (C=O) groups is 1. The second-order valence-corrected chi connectivity index (χ2v) is 8.35. The van der Waals surface area contributed by atoms with Crippen molar-refractivity contribution in [1.29, 1.82) is 0 Å². The van der Waals surface area contributed by atoms with Crippen molar-refractivity contribution < 1.29 is 4.79 Å². The van der Waals surface area contributed by atoms with Gasteiger partial charge in [0.15, 0.2) is 5.13 Å². The van der Waals surface area contributed by atoms with E-state index in [-0.39, 0.29) is 11.9 Å². The molecular weight excluding hydrogens is 404 g/mol. The SMILES string of the molecule is C[C@H](NC(=O)c1csc(N2CCN(c3cccc(Cl)c3)CC2)n1)c1ccccc1. The van der Waals surface area contributed by atoms with Crippen molar-refractivity contribution in [3.63, 3.8) is 0 Å². The molecule has 1 N–H and O–H groups in total. The molecule has 3 aromatic rings. The number of aromatic nitrogens is 1. The summed E-state index contributed by atoms with van der Waals surface area (Å²) in [6, 6.07) is 17.8. The van der Waals surface area contributed by atoms with Gasteiger partial charge < -0.3 is 15.1 Å². The fraction of sp³-hybridized carbons (Fsp3) is 0.273. The minimum atomic E-state index is -0.138. The molecule has 5 nitrogen and oxygen atoms in total. The monoisotopic (exact) mass is 426 g/mol. The molecule has 0 saturated carbocycles. The maximum absolute atomic E-state index is 12.6. The Balaban J connectivity index is 1.35. The predicted octanol–water partition coefficient (Wildman–Crippen LogP) is 4.61. The first-order valence-corrected chi connectivity index (χ1v) is 10.9. The van der Waals surface area contributed by atoms with Crippen molar-refractivity contribution in [2.24, 2.45) is 0 Å². The number of rotatable bonds is 5. The van der Waals surface area contributed by atoms with Gasteiger partial charge in [-0.15, -0.1) is 11.3 Å². The first-order valence-electron chi connectivity index (χ1n) is 9.67. The number of benzene rings is 2. The van der Waals surface area contributed by atoms with E-state index in [0.717, 1.165) is 47.6 Å².